The summed E-state index contributed by atoms with van der Waals surface area (Å²) < 4.78 is 24.3. The van der Waals surface area contributed by atoms with Crippen LogP contribution in [0.25, 0.3) is 0 Å². The fourth-order valence-corrected chi connectivity index (χ4v) is 1.90. The molecule has 0 aliphatic rings. The maximum absolute atomic E-state index is 13.3. The quantitative estimate of drug-likeness (QED) is 0.797. The van der Waals surface area contributed by atoms with E-state index in [0.717, 1.165) is 12.2 Å². The van der Waals surface area contributed by atoms with Gasteiger partial charge >= 0.3 is 0 Å². The number of halogens is 1. The molecule has 0 saturated heterocycles. The van der Waals surface area contributed by atoms with Crippen molar-refractivity contribution in [2.75, 3.05) is 19.8 Å². The van der Waals surface area contributed by atoms with E-state index in [1.54, 1.807) is 19.1 Å². The third kappa shape index (κ3) is 4.76. The second-order valence-electron chi connectivity index (χ2n) is 4.79. The minimum Gasteiger partial charge on any atom is -0.490 e. The topological polar surface area (TPSA) is 44.5 Å². The maximum Gasteiger partial charge on any atom is 0.129 e. The minimum atomic E-state index is -0.260. The summed E-state index contributed by atoms with van der Waals surface area (Å²) in [5.41, 5.74) is 7.30. The number of benzene rings is 2. The van der Waals surface area contributed by atoms with E-state index in [2.05, 4.69) is 0 Å². The third-order valence-electron chi connectivity index (χ3n) is 3.12. The van der Waals surface area contributed by atoms with Gasteiger partial charge in [-0.2, -0.15) is 0 Å². The summed E-state index contributed by atoms with van der Waals surface area (Å²) in [5, 5.41) is 0. The highest BCUT2D eigenvalue weighted by Crippen LogP contribution is 2.16. The van der Waals surface area contributed by atoms with Crippen molar-refractivity contribution < 1.29 is 13.9 Å². The van der Waals surface area contributed by atoms with Gasteiger partial charge < -0.3 is 15.2 Å². The molecule has 0 unspecified atom stereocenters. The molecule has 0 radical (unpaired) electrons. The van der Waals surface area contributed by atoms with Crippen LogP contribution < -0.4 is 15.2 Å². The molecule has 0 heterocycles. The van der Waals surface area contributed by atoms with Gasteiger partial charge in [0.1, 0.15) is 30.5 Å². The van der Waals surface area contributed by atoms with Crippen LogP contribution in [-0.4, -0.2) is 19.8 Å². The standard InChI is InChI=1S/C17H20FNO2/c1-13-2-5-16(12-17(13)18)21-11-10-20-15-6-3-14(4-7-15)8-9-19/h2-7,12H,8-11,19H2,1H3. The number of aryl methyl sites for hydroxylation is 1. The molecule has 0 atom stereocenters. The molecular weight excluding hydrogens is 269 g/mol. The highest BCUT2D eigenvalue weighted by molar-refractivity contribution is 5.28. The summed E-state index contributed by atoms with van der Waals surface area (Å²) in [5.74, 6) is 1.04. The van der Waals surface area contributed by atoms with Crippen LogP contribution in [0.4, 0.5) is 4.39 Å². The minimum absolute atomic E-state index is 0.260. The van der Waals surface area contributed by atoms with Crippen molar-refractivity contribution in [3.8, 4) is 11.5 Å². The van der Waals surface area contributed by atoms with E-state index in [4.69, 9.17) is 15.2 Å². The first-order valence-electron chi connectivity index (χ1n) is 7.00. The first kappa shape index (κ1) is 15.3. The van der Waals surface area contributed by atoms with Gasteiger partial charge in [-0.25, -0.2) is 4.39 Å². The molecule has 0 bridgehead atoms. The van der Waals surface area contributed by atoms with Crippen LogP contribution in [0.3, 0.4) is 0 Å². The largest absolute Gasteiger partial charge is 0.490 e. The number of hydrogen-bond donors (Lipinski definition) is 1. The summed E-state index contributed by atoms with van der Waals surface area (Å²) in [6, 6.07) is 12.7. The summed E-state index contributed by atoms with van der Waals surface area (Å²) in [4.78, 5) is 0. The van der Waals surface area contributed by atoms with Crippen LogP contribution in [0.2, 0.25) is 0 Å². The SMILES string of the molecule is Cc1ccc(OCCOc2ccc(CCN)cc2)cc1F. The average Bonchev–Trinajstić information content (AvgIpc) is 2.49. The Hall–Kier alpha value is -2.07. The predicted octanol–water partition coefficient (Wildman–Crippen LogP) is 3.09. The molecule has 0 saturated carbocycles. The number of nitrogens with two attached hydrogens (primary N) is 1. The molecule has 2 N–H and O–H groups in total. The number of hydrogen-bond acceptors (Lipinski definition) is 3. The van der Waals surface area contributed by atoms with Gasteiger partial charge in [-0.15, -0.1) is 0 Å². The molecule has 21 heavy (non-hydrogen) atoms. The van der Waals surface area contributed by atoms with E-state index in [-0.39, 0.29) is 5.82 Å². The molecule has 0 amide bonds. The Labute approximate surface area is 124 Å². The van der Waals surface area contributed by atoms with Crippen LogP contribution in [-0.2, 0) is 6.42 Å². The highest BCUT2D eigenvalue weighted by atomic mass is 19.1. The summed E-state index contributed by atoms with van der Waals surface area (Å²) in [7, 11) is 0. The van der Waals surface area contributed by atoms with Gasteiger partial charge in [0, 0.05) is 6.07 Å². The smallest absolute Gasteiger partial charge is 0.129 e. The molecule has 0 aliphatic heterocycles. The van der Waals surface area contributed by atoms with Crippen LogP contribution in [0.15, 0.2) is 42.5 Å². The Morgan fingerprint density at radius 3 is 2.19 bits per heavy atom. The molecule has 112 valence electrons. The van der Waals surface area contributed by atoms with Crippen molar-refractivity contribution in [2.24, 2.45) is 5.73 Å². The second kappa shape index (κ2) is 7.64. The van der Waals surface area contributed by atoms with Gasteiger partial charge in [0.2, 0.25) is 0 Å². The van der Waals surface area contributed by atoms with Crippen LogP contribution in [0.5, 0.6) is 11.5 Å². The maximum atomic E-state index is 13.3. The molecule has 2 rings (SSSR count). The number of ether oxygens (including phenoxy) is 2. The van der Waals surface area contributed by atoms with E-state index in [1.807, 2.05) is 24.3 Å². The van der Waals surface area contributed by atoms with Crippen LogP contribution >= 0.6 is 0 Å². The molecule has 4 heteroatoms. The number of rotatable bonds is 7. The molecule has 2 aromatic rings. The molecule has 0 aromatic heterocycles. The lowest BCUT2D eigenvalue weighted by Gasteiger charge is -2.09. The zero-order chi connectivity index (χ0) is 15.1. The molecule has 0 aliphatic carbocycles. The predicted molar refractivity (Wildman–Crippen MR) is 81.3 cm³/mol. The zero-order valence-electron chi connectivity index (χ0n) is 12.1. The molecule has 2 aromatic carbocycles. The van der Waals surface area contributed by atoms with Gasteiger partial charge in [0.15, 0.2) is 0 Å². The summed E-state index contributed by atoms with van der Waals surface area (Å²) >= 11 is 0. The molecule has 0 fully saturated rings. The Morgan fingerprint density at radius 2 is 1.57 bits per heavy atom. The van der Waals surface area contributed by atoms with E-state index >= 15 is 0 Å². The molecular formula is C17H20FNO2. The fraction of sp³-hybridized carbons (Fsp3) is 0.294. The second-order valence-corrected chi connectivity index (χ2v) is 4.79. The summed E-state index contributed by atoms with van der Waals surface area (Å²) in [6.45, 7) is 3.14. The lowest BCUT2D eigenvalue weighted by molar-refractivity contribution is 0.216. The van der Waals surface area contributed by atoms with E-state index in [0.29, 0.717) is 31.1 Å². The van der Waals surface area contributed by atoms with Gasteiger partial charge in [-0.3, -0.25) is 0 Å². The molecule has 3 nitrogen and oxygen atoms in total. The molecule has 0 spiro atoms. The Balaban J connectivity index is 1.75. The van der Waals surface area contributed by atoms with Gasteiger partial charge in [-0.05, 0) is 49.2 Å². The van der Waals surface area contributed by atoms with Crippen molar-refractivity contribution in [2.45, 2.75) is 13.3 Å². The fourth-order valence-electron chi connectivity index (χ4n) is 1.90. The average molecular weight is 289 g/mol. The van der Waals surface area contributed by atoms with Crippen molar-refractivity contribution in [3.63, 3.8) is 0 Å². The van der Waals surface area contributed by atoms with Gasteiger partial charge in [0.05, 0.1) is 0 Å². The lowest BCUT2D eigenvalue weighted by Crippen LogP contribution is -2.09. The third-order valence-corrected chi connectivity index (χ3v) is 3.12. The normalized spacial score (nSPS) is 10.4. The van der Waals surface area contributed by atoms with Crippen molar-refractivity contribution in [1.29, 1.82) is 0 Å². The Morgan fingerprint density at radius 1 is 0.952 bits per heavy atom. The van der Waals surface area contributed by atoms with Crippen molar-refractivity contribution >= 4 is 0 Å². The first-order chi connectivity index (χ1) is 10.2. The Bertz CT molecular complexity index is 570. The van der Waals surface area contributed by atoms with Gasteiger partial charge in [-0.1, -0.05) is 18.2 Å². The monoisotopic (exact) mass is 289 g/mol. The van der Waals surface area contributed by atoms with E-state index in [1.165, 1.54) is 11.6 Å². The van der Waals surface area contributed by atoms with Gasteiger partial charge in [0.25, 0.3) is 0 Å². The van der Waals surface area contributed by atoms with E-state index in [9.17, 15) is 4.39 Å². The van der Waals surface area contributed by atoms with Crippen LogP contribution in [0, 0.1) is 12.7 Å². The first-order valence-corrected chi connectivity index (χ1v) is 7.00. The summed E-state index contributed by atoms with van der Waals surface area (Å²) in [6.07, 6.45) is 0.863. The lowest BCUT2D eigenvalue weighted by atomic mass is 10.1. The van der Waals surface area contributed by atoms with Crippen molar-refractivity contribution in [3.05, 3.63) is 59.4 Å². The zero-order valence-corrected chi connectivity index (χ0v) is 12.1. The highest BCUT2D eigenvalue weighted by Gasteiger charge is 2.00. The van der Waals surface area contributed by atoms with Crippen molar-refractivity contribution in [1.82, 2.24) is 0 Å². The van der Waals surface area contributed by atoms with E-state index < -0.39 is 0 Å². The Kier molecular flexibility index (Phi) is 5.58. The van der Waals surface area contributed by atoms with Crippen LogP contribution in [0.1, 0.15) is 11.1 Å².